The van der Waals surface area contributed by atoms with Gasteiger partial charge in [0, 0.05) is 18.6 Å². The molecule has 1 aromatic carbocycles. The minimum absolute atomic E-state index is 0.225. The summed E-state index contributed by atoms with van der Waals surface area (Å²) in [4.78, 5) is 16.3. The van der Waals surface area contributed by atoms with Crippen molar-refractivity contribution in [2.75, 3.05) is 7.05 Å². The normalized spacial score (nSPS) is 11.5. The molecule has 2 aromatic heterocycles. The number of fused-ring (bicyclic) bond motifs is 1. The van der Waals surface area contributed by atoms with Crippen molar-refractivity contribution in [1.82, 2.24) is 10.3 Å². The molecule has 4 nitrogen and oxygen atoms in total. The Morgan fingerprint density at radius 2 is 1.92 bits per heavy atom. The number of alkyl halides is 3. The van der Waals surface area contributed by atoms with Crippen LogP contribution in [0.4, 0.5) is 13.2 Å². The number of nitrogens with one attached hydrogen (secondary N) is 1. The average Bonchev–Trinajstić information content (AvgIpc) is 2.99. The van der Waals surface area contributed by atoms with Crippen LogP contribution in [0.15, 0.2) is 42.7 Å². The van der Waals surface area contributed by atoms with Gasteiger partial charge in [-0.15, -0.1) is 11.3 Å². The van der Waals surface area contributed by atoms with E-state index in [0.29, 0.717) is 16.0 Å². The van der Waals surface area contributed by atoms with E-state index in [2.05, 4.69) is 10.3 Å². The Hall–Kier alpha value is -2.61. The highest BCUT2D eigenvalue weighted by atomic mass is 32.1. The number of carbonyl (C=O) groups is 1. The van der Waals surface area contributed by atoms with Gasteiger partial charge >= 0.3 is 6.18 Å². The molecule has 3 aromatic rings. The van der Waals surface area contributed by atoms with Crippen molar-refractivity contribution < 1.29 is 22.7 Å². The minimum atomic E-state index is -4.39. The van der Waals surface area contributed by atoms with E-state index in [9.17, 15) is 18.0 Å². The van der Waals surface area contributed by atoms with Crippen molar-refractivity contribution in [3.63, 3.8) is 0 Å². The fourth-order valence-electron chi connectivity index (χ4n) is 2.09. The molecule has 1 amide bonds. The zero-order chi connectivity index (χ0) is 17.3. The Labute approximate surface area is 138 Å². The third kappa shape index (κ3) is 3.18. The fourth-order valence-corrected chi connectivity index (χ4v) is 3.08. The van der Waals surface area contributed by atoms with E-state index in [-0.39, 0.29) is 11.7 Å². The Kier molecular flexibility index (Phi) is 4.15. The van der Waals surface area contributed by atoms with Gasteiger partial charge < -0.3 is 10.1 Å². The maximum absolute atomic E-state index is 12.6. The van der Waals surface area contributed by atoms with Crippen LogP contribution in [0.3, 0.4) is 0 Å². The number of pyridine rings is 1. The van der Waals surface area contributed by atoms with Gasteiger partial charge in [0.1, 0.15) is 5.75 Å². The van der Waals surface area contributed by atoms with Crippen LogP contribution in [-0.2, 0) is 6.18 Å². The molecular weight excluding hydrogens is 341 g/mol. The highest BCUT2D eigenvalue weighted by Gasteiger charge is 2.30. The number of rotatable bonds is 3. The predicted octanol–water partition coefficient (Wildman–Crippen LogP) is 4.47. The highest BCUT2D eigenvalue weighted by Crippen LogP contribution is 2.35. The Morgan fingerprint density at radius 3 is 2.54 bits per heavy atom. The smallest absolute Gasteiger partial charge is 0.416 e. The third-order valence-corrected chi connectivity index (χ3v) is 4.34. The molecule has 24 heavy (non-hydrogen) atoms. The van der Waals surface area contributed by atoms with Gasteiger partial charge in [-0.05, 0) is 30.3 Å². The zero-order valence-corrected chi connectivity index (χ0v) is 13.2. The first kappa shape index (κ1) is 16.3. The molecular formula is C16H11F3N2O2S. The topological polar surface area (TPSA) is 51.2 Å². The van der Waals surface area contributed by atoms with Crippen LogP contribution < -0.4 is 10.1 Å². The van der Waals surface area contributed by atoms with Crippen LogP contribution in [0.2, 0.25) is 0 Å². The number of nitrogens with zero attached hydrogens (tertiary/aromatic N) is 1. The predicted molar refractivity (Wildman–Crippen MR) is 84.5 cm³/mol. The molecule has 8 heteroatoms. The monoisotopic (exact) mass is 352 g/mol. The van der Waals surface area contributed by atoms with Crippen molar-refractivity contribution >= 4 is 27.3 Å². The van der Waals surface area contributed by atoms with Crippen LogP contribution in [0, 0.1) is 0 Å². The van der Waals surface area contributed by atoms with Gasteiger partial charge in [0.25, 0.3) is 5.91 Å². The highest BCUT2D eigenvalue weighted by molar-refractivity contribution is 7.20. The second kappa shape index (κ2) is 6.12. The fraction of sp³-hybridized carbons (Fsp3) is 0.125. The molecule has 0 spiro atoms. The molecule has 0 bridgehead atoms. The van der Waals surface area contributed by atoms with E-state index < -0.39 is 11.7 Å². The van der Waals surface area contributed by atoms with Crippen molar-refractivity contribution in [1.29, 1.82) is 0 Å². The van der Waals surface area contributed by atoms with Crippen molar-refractivity contribution in [2.24, 2.45) is 0 Å². The lowest BCUT2D eigenvalue weighted by Gasteiger charge is -2.09. The maximum atomic E-state index is 12.6. The van der Waals surface area contributed by atoms with E-state index in [4.69, 9.17) is 4.74 Å². The van der Waals surface area contributed by atoms with Gasteiger partial charge in [-0.1, -0.05) is 0 Å². The molecule has 0 saturated heterocycles. The largest absolute Gasteiger partial charge is 0.455 e. The number of aromatic nitrogens is 1. The summed E-state index contributed by atoms with van der Waals surface area (Å²) in [6.45, 7) is 0. The van der Waals surface area contributed by atoms with E-state index in [1.165, 1.54) is 36.7 Å². The summed E-state index contributed by atoms with van der Waals surface area (Å²) in [5.41, 5.74) is -0.747. The molecule has 0 saturated carbocycles. The maximum Gasteiger partial charge on any atom is 0.416 e. The summed E-state index contributed by atoms with van der Waals surface area (Å²) in [6, 6.07) is 6.06. The van der Waals surface area contributed by atoms with Gasteiger partial charge in [0.2, 0.25) is 0 Å². The average molecular weight is 352 g/mol. The van der Waals surface area contributed by atoms with Gasteiger partial charge in [0.05, 0.1) is 21.3 Å². The molecule has 1 N–H and O–H groups in total. The molecule has 0 aliphatic rings. The summed E-state index contributed by atoms with van der Waals surface area (Å²) in [7, 11) is 1.53. The van der Waals surface area contributed by atoms with E-state index in [1.807, 2.05) is 0 Å². The van der Waals surface area contributed by atoms with Crippen molar-refractivity contribution in [3.05, 3.63) is 53.2 Å². The summed E-state index contributed by atoms with van der Waals surface area (Å²) < 4.78 is 44.1. The minimum Gasteiger partial charge on any atom is -0.455 e. The zero-order valence-electron chi connectivity index (χ0n) is 12.3. The molecule has 2 heterocycles. The molecule has 0 unspecified atom stereocenters. The van der Waals surface area contributed by atoms with E-state index in [0.717, 1.165) is 16.8 Å². The van der Waals surface area contributed by atoms with Crippen LogP contribution in [0.5, 0.6) is 11.5 Å². The standard InChI is InChI=1S/C16H11F3N2O2S/c1-20-15(22)13-6-11-12(7-21-8-14(11)24-13)23-10-4-2-9(3-5-10)16(17,18)19/h2-8H,1H3,(H,20,22). The van der Waals surface area contributed by atoms with Gasteiger partial charge in [-0.3, -0.25) is 9.78 Å². The first-order valence-corrected chi connectivity index (χ1v) is 7.65. The van der Waals surface area contributed by atoms with Gasteiger partial charge in [-0.2, -0.15) is 13.2 Å². The van der Waals surface area contributed by atoms with E-state index in [1.54, 1.807) is 12.3 Å². The van der Waals surface area contributed by atoms with Gasteiger partial charge in [-0.25, -0.2) is 0 Å². The molecule has 3 rings (SSSR count). The molecule has 0 aliphatic heterocycles. The Morgan fingerprint density at radius 1 is 1.21 bits per heavy atom. The second-order valence-corrected chi connectivity index (χ2v) is 5.95. The van der Waals surface area contributed by atoms with Crippen molar-refractivity contribution in [3.8, 4) is 11.5 Å². The number of amides is 1. The quantitative estimate of drug-likeness (QED) is 0.757. The number of ether oxygens (including phenoxy) is 1. The van der Waals surface area contributed by atoms with Crippen LogP contribution in [0.25, 0.3) is 10.1 Å². The van der Waals surface area contributed by atoms with Gasteiger partial charge in [0.15, 0.2) is 5.75 Å². The lowest BCUT2D eigenvalue weighted by Crippen LogP contribution is -2.15. The van der Waals surface area contributed by atoms with Crippen LogP contribution >= 0.6 is 11.3 Å². The first-order valence-electron chi connectivity index (χ1n) is 6.83. The number of thiophene rings is 1. The third-order valence-electron chi connectivity index (χ3n) is 3.27. The lowest BCUT2D eigenvalue weighted by atomic mass is 10.2. The molecule has 0 atom stereocenters. The number of benzene rings is 1. The first-order chi connectivity index (χ1) is 11.4. The lowest BCUT2D eigenvalue weighted by molar-refractivity contribution is -0.137. The van der Waals surface area contributed by atoms with Crippen molar-refractivity contribution in [2.45, 2.75) is 6.18 Å². The molecule has 0 radical (unpaired) electrons. The number of hydrogen-bond acceptors (Lipinski definition) is 4. The summed E-state index contributed by atoms with van der Waals surface area (Å²) >= 11 is 1.26. The SMILES string of the molecule is CNC(=O)c1cc2c(Oc3ccc(C(F)(F)F)cc3)cncc2s1. The second-order valence-electron chi connectivity index (χ2n) is 4.86. The van der Waals surface area contributed by atoms with Crippen LogP contribution in [0.1, 0.15) is 15.2 Å². The van der Waals surface area contributed by atoms with Crippen LogP contribution in [-0.4, -0.2) is 17.9 Å². The molecule has 0 aliphatic carbocycles. The Balaban J connectivity index is 1.92. The summed E-state index contributed by atoms with van der Waals surface area (Å²) in [5.74, 6) is 0.403. The molecule has 0 fully saturated rings. The number of halogens is 3. The number of hydrogen-bond donors (Lipinski definition) is 1. The molecule has 124 valence electrons. The number of carbonyl (C=O) groups excluding carboxylic acids is 1. The summed E-state index contributed by atoms with van der Waals surface area (Å²) in [5, 5.41) is 3.21. The Bertz CT molecular complexity index is 888. The van der Waals surface area contributed by atoms with E-state index >= 15 is 0 Å². The summed E-state index contributed by atoms with van der Waals surface area (Å²) in [6.07, 6.45) is -1.33.